The van der Waals surface area contributed by atoms with Gasteiger partial charge in [0.15, 0.2) is 5.78 Å². The van der Waals surface area contributed by atoms with Crippen molar-refractivity contribution in [2.24, 2.45) is 5.41 Å². The van der Waals surface area contributed by atoms with E-state index >= 15 is 0 Å². The summed E-state index contributed by atoms with van der Waals surface area (Å²) >= 11 is 0. The van der Waals surface area contributed by atoms with Crippen molar-refractivity contribution in [1.29, 1.82) is 0 Å². The maximum Gasteiger partial charge on any atom is 0.410 e. The standard InChI is InChI=1S/C48H64N4O9/c1-32-20-22-37(59-38-27-48(28-38)24-15-25-52(31-48)45(57)61-47(6,7)8)26-36(32)29-49-42(54)39(23-21-34-16-11-9-12-17-34)50-43(55)40(41(33(2)53)60-46(3,4)5)51-44(56)58-30-35-18-13-10-14-19-35/h9-14,16-20,22,26,38-41H,15,21,23-25,27-31H2,1-8H3,(H,49,54)(H,50,55)(H,51,56)/t38?,39-,40-,41+,48?/m0/s1. The fourth-order valence-corrected chi connectivity index (χ4v) is 7.85. The van der Waals surface area contributed by atoms with Gasteiger partial charge in [-0.3, -0.25) is 14.4 Å². The lowest BCUT2D eigenvalue weighted by Crippen LogP contribution is -2.60. The van der Waals surface area contributed by atoms with E-state index in [9.17, 15) is 24.0 Å². The fraction of sp³-hybridized carbons (Fsp3) is 0.521. The number of likely N-dealkylation sites (tertiary alicyclic amines) is 1. The second kappa shape index (κ2) is 20.4. The zero-order valence-electron chi connectivity index (χ0n) is 37.0. The van der Waals surface area contributed by atoms with Crippen LogP contribution in [-0.2, 0) is 48.2 Å². The Morgan fingerprint density at radius 2 is 1.49 bits per heavy atom. The van der Waals surface area contributed by atoms with Crippen LogP contribution in [0, 0.1) is 12.3 Å². The topological polar surface area (TPSA) is 162 Å². The molecule has 13 heteroatoms. The molecule has 0 radical (unpaired) electrons. The first-order valence-electron chi connectivity index (χ1n) is 21.3. The number of rotatable bonds is 16. The van der Waals surface area contributed by atoms with Crippen molar-refractivity contribution >= 4 is 29.8 Å². The highest BCUT2D eigenvalue weighted by molar-refractivity contribution is 5.96. The summed E-state index contributed by atoms with van der Waals surface area (Å²) in [6.07, 6.45) is 1.76. The van der Waals surface area contributed by atoms with E-state index in [2.05, 4.69) is 16.0 Å². The van der Waals surface area contributed by atoms with Gasteiger partial charge < -0.3 is 39.8 Å². The van der Waals surface area contributed by atoms with Crippen LogP contribution in [0.2, 0.25) is 0 Å². The first kappa shape index (κ1) is 46.6. The number of piperidine rings is 1. The minimum absolute atomic E-state index is 0.000389. The van der Waals surface area contributed by atoms with Crippen molar-refractivity contribution in [2.75, 3.05) is 13.1 Å². The van der Waals surface area contributed by atoms with Gasteiger partial charge in [-0.15, -0.1) is 0 Å². The largest absolute Gasteiger partial charge is 0.490 e. The van der Waals surface area contributed by atoms with E-state index in [1.165, 1.54) is 6.92 Å². The molecule has 1 spiro atoms. The van der Waals surface area contributed by atoms with Gasteiger partial charge >= 0.3 is 12.2 Å². The van der Waals surface area contributed by atoms with E-state index in [1.807, 2.05) is 99.3 Å². The lowest BCUT2D eigenvalue weighted by atomic mass is 9.62. The Balaban J connectivity index is 1.26. The molecule has 0 bridgehead atoms. The summed E-state index contributed by atoms with van der Waals surface area (Å²) in [5.41, 5.74) is 2.11. The SMILES string of the molecule is CC(=O)[C@@H](OC(C)(C)C)[C@H](NC(=O)OCc1ccccc1)C(=O)N[C@@H](CCc1ccccc1)C(=O)NCc1cc(OC2CC3(CCCN(C(=O)OC(C)(C)C)C3)C2)ccc1C. The highest BCUT2D eigenvalue weighted by Gasteiger charge is 2.49. The van der Waals surface area contributed by atoms with Gasteiger partial charge in [0.2, 0.25) is 11.8 Å². The molecule has 0 unspecified atom stereocenters. The molecule has 1 aliphatic carbocycles. The summed E-state index contributed by atoms with van der Waals surface area (Å²) < 4.78 is 23.5. The molecule has 3 N–H and O–H groups in total. The Labute approximate surface area is 360 Å². The summed E-state index contributed by atoms with van der Waals surface area (Å²) in [5, 5.41) is 8.39. The third-order valence-corrected chi connectivity index (χ3v) is 10.9. The number of ether oxygens (including phenoxy) is 4. The van der Waals surface area contributed by atoms with E-state index in [-0.39, 0.29) is 37.2 Å². The number of nitrogens with zero attached hydrogens (tertiary/aromatic N) is 1. The molecule has 3 aromatic carbocycles. The summed E-state index contributed by atoms with van der Waals surface area (Å²) in [6.45, 7) is 15.5. The maximum atomic E-state index is 14.2. The van der Waals surface area contributed by atoms with E-state index < -0.39 is 53.1 Å². The average Bonchev–Trinajstić information content (AvgIpc) is 3.19. The van der Waals surface area contributed by atoms with Crippen LogP contribution >= 0.6 is 0 Å². The molecule has 1 saturated carbocycles. The van der Waals surface area contributed by atoms with Crippen molar-refractivity contribution in [3.05, 3.63) is 101 Å². The smallest absolute Gasteiger partial charge is 0.410 e. The highest BCUT2D eigenvalue weighted by atomic mass is 16.6. The van der Waals surface area contributed by atoms with Crippen LogP contribution in [0.25, 0.3) is 0 Å². The minimum atomic E-state index is -1.51. The molecule has 5 rings (SSSR count). The lowest BCUT2D eigenvalue weighted by Gasteiger charge is -2.52. The highest BCUT2D eigenvalue weighted by Crippen LogP contribution is 2.49. The molecule has 2 aliphatic rings. The number of benzene rings is 3. The van der Waals surface area contributed by atoms with Crippen molar-refractivity contribution in [2.45, 2.75) is 143 Å². The molecule has 1 aliphatic heterocycles. The van der Waals surface area contributed by atoms with Crippen LogP contribution in [0.1, 0.15) is 103 Å². The van der Waals surface area contributed by atoms with Crippen LogP contribution < -0.4 is 20.7 Å². The lowest BCUT2D eigenvalue weighted by molar-refractivity contribution is -0.148. The van der Waals surface area contributed by atoms with Crippen molar-refractivity contribution < 1.29 is 42.9 Å². The number of amides is 4. The Bertz CT molecular complexity index is 1970. The third kappa shape index (κ3) is 14.3. The molecule has 13 nitrogen and oxygen atoms in total. The number of aryl methyl sites for hydroxylation is 2. The summed E-state index contributed by atoms with van der Waals surface area (Å²) in [7, 11) is 0. The molecule has 1 saturated heterocycles. The van der Waals surface area contributed by atoms with Crippen molar-refractivity contribution in [3.8, 4) is 5.75 Å². The van der Waals surface area contributed by atoms with E-state index in [0.717, 1.165) is 47.9 Å². The zero-order chi connectivity index (χ0) is 44.4. The van der Waals surface area contributed by atoms with Gasteiger partial charge in [0.05, 0.1) is 11.7 Å². The second-order valence-electron chi connectivity index (χ2n) is 18.5. The number of carbonyl (C=O) groups is 5. The average molecular weight is 841 g/mol. The van der Waals surface area contributed by atoms with Gasteiger partial charge in [0, 0.05) is 19.6 Å². The van der Waals surface area contributed by atoms with Crippen LogP contribution in [0.5, 0.6) is 5.75 Å². The van der Waals surface area contributed by atoms with Gasteiger partial charge in [0.1, 0.15) is 36.1 Å². The Hall–Kier alpha value is -5.43. The van der Waals surface area contributed by atoms with Gasteiger partial charge in [0.25, 0.3) is 0 Å². The summed E-state index contributed by atoms with van der Waals surface area (Å²) in [4.78, 5) is 69.0. The fourth-order valence-electron chi connectivity index (χ4n) is 7.85. The summed E-state index contributed by atoms with van der Waals surface area (Å²) in [5.74, 6) is -1.01. The van der Waals surface area contributed by atoms with Crippen molar-refractivity contribution in [3.63, 3.8) is 0 Å². The quantitative estimate of drug-likeness (QED) is 0.134. The second-order valence-corrected chi connectivity index (χ2v) is 18.5. The number of ketones is 1. The molecule has 1 heterocycles. The predicted octanol–water partition coefficient (Wildman–Crippen LogP) is 7.36. The first-order chi connectivity index (χ1) is 28.8. The Kier molecular flexibility index (Phi) is 15.6. The number of nitrogens with one attached hydrogen (secondary N) is 3. The van der Waals surface area contributed by atoms with Gasteiger partial charge in [-0.2, -0.15) is 0 Å². The van der Waals surface area contributed by atoms with E-state index in [0.29, 0.717) is 25.3 Å². The third-order valence-electron chi connectivity index (χ3n) is 10.9. The molecule has 3 aromatic rings. The van der Waals surface area contributed by atoms with Crippen LogP contribution in [0.15, 0.2) is 78.9 Å². The van der Waals surface area contributed by atoms with Crippen molar-refractivity contribution in [1.82, 2.24) is 20.9 Å². The van der Waals surface area contributed by atoms with Gasteiger partial charge in [-0.1, -0.05) is 66.7 Å². The van der Waals surface area contributed by atoms with E-state index in [4.69, 9.17) is 18.9 Å². The Morgan fingerprint density at radius 1 is 0.836 bits per heavy atom. The molecule has 61 heavy (non-hydrogen) atoms. The molecular weight excluding hydrogens is 777 g/mol. The predicted molar refractivity (Wildman–Crippen MR) is 232 cm³/mol. The molecular formula is C48H64N4O9. The zero-order valence-corrected chi connectivity index (χ0v) is 37.0. The molecule has 0 aromatic heterocycles. The number of hydrogen-bond acceptors (Lipinski definition) is 9. The van der Waals surface area contributed by atoms with Crippen LogP contribution in [0.4, 0.5) is 9.59 Å². The van der Waals surface area contributed by atoms with E-state index in [1.54, 1.807) is 32.9 Å². The number of carbonyl (C=O) groups excluding carboxylic acids is 5. The molecule has 3 atom stereocenters. The summed E-state index contributed by atoms with van der Waals surface area (Å²) in [6, 6.07) is 21.9. The van der Waals surface area contributed by atoms with Gasteiger partial charge in [-0.25, -0.2) is 9.59 Å². The number of alkyl carbamates (subject to hydrolysis) is 1. The van der Waals surface area contributed by atoms with Crippen LogP contribution in [-0.4, -0.2) is 83.3 Å². The number of hydrogen-bond donors (Lipinski definition) is 3. The molecule has 4 amide bonds. The first-order valence-corrected chi connectivity index (χ1v) is 21.3. The Morgan fingerprint density at radius 3 is 2.11 bits per heavy atom. The maximum absolute atomic E-state index is 14.2. The normalized spacial score (nSPS) is 19.1. The molecule has 2 fully saturated rings. The monoisotopic (exact) mass is 840 g/mol. The minimum Gasteiger partial charge on any atom is -0.490 e. The molecule has 330 valence electrons. The number of Topliss-reactive ketones (excluding diaryl/α,β-unsaturated/α-hetero) is 1. The van der Waals surface area contributed by atoms with Gasteiger partial charge in [-0.05, 0) is 134 Å². The van der Waals surface area contributed by atoms with Crippen LogP contribution in [0.3, 0.4) is 0 Å².